The first kappa shape index (κ1) is 13.8. The lowest BCUT2D eigenvalue weighted by Gasteiger charge is -2.30. The standard InChI is InChI=1S/C11H21N3O3/c1-3-17-10(15)7-12-11(16)13-9-5-4-6-14(2)8-9/h9H,3-8H2,1-2H3,(H2,12,13,16). The summed E-state index contributed by atoms with van der Waals surface area (Å²) in [7, 11) is 2.03. The summed E-state index contributed by atoms with van der Waals surface area (Å²) in [6.45, 7) is 3.91. The smallest absolute Gasteiger partial charge is 0.325 e. The fraction of sp³-hybridized carbons (Fsp3) is 0.818. The minimum atomic E-state index is -0.414. The van der Waals surface area contributed by atoms with Crippen molar-refractivity contribution in [2.24, 2.45) is 0 Å². The van der Waals surface area contributed by atoms with Gasteiger partial charge in [-0.25, -0.2) is 4.79 Å². The van der Waals surface area contributed by atoms with E-state index in [1.54, 1.807) is 6.92 Å². The van der Waals surface area contributed by atoms with Crippen LogP contribution in [0.4, 0.5) is 4.79 Å². The molecule has 2 amide bonds. The summed E-state index contributed by atoms with van der Waals surface area (Å²) >= 11 is 0. The third-order valence-corrected chi connectivity index (χ3v) is 2.66. The first-order valence-corrected chi connectivity index (χ1v) is 6.00. The summed E-state index contributed by atoms with van der Waals surface area (Å²) in [5.41, 5.74) is 0. The molecule has 2 N–H and O–H groups in total. The Labute approximate surface area is 102 Å². The van der Waals surface area contributed by atoms with Gasteiger partial charge >= 0.3 is 12.0 Å². The predicted octanol–water partition coefficient (Wildman–Crippen LogP) is -0.0571. The summed E-state index contributed by atoms with van der Waals surface area (Å²) in [6, 6.07) is -0.144. The molecule has 1 saturated heterocycles. The predicted molar refractivity (Wildman–Crippen MR) is 63.7 cm³/mol. The van der Waals surface area contributed by atoms with Gasteiger partial charge in [-0.2, -0.15) is 0 Å². The molecule has 0 bridgehead atoms. The maximum absolute atomic E-state index is 11.5. The number of amides is 2. The van der Waals surface area contributed by atoms with Crippen molar-refractivity contribution in [2.75, 3.05) is 33.3 Å². The third kappa shape index (κ3) is 5.53. The minimum absolute atomic E-state index is 0.0811. The van der Waals surface area contributed by atoms with Crippen molar-refractivity contribution in [3.63, 3.8) is 0 Å². The number of esters is 1. The summed E-state index contributed by atoms with van der Waals surface area (Å²) in [5, 5.41) is 5.33. The van der Waals surface area contributed by atoms with Crippen molar-refractivity contribution in [2.45, 2.75) is 25.8 Å². The Bertz CT molecular complexity index is 271. The second-order valence-corrected chi connectivity index (χ2v) is 4.23. The molecule has 0 spiro atoms. The zero-order chi connectivity index (χ0) is 12.7. The quantitative estimate of drug-likeness (QED) is 0.679. The molecule has 0 aromatic rings. The number of nitrogens with one attached hydrogen (secondary N) is 2. The Morgan fingerprint density at radius 2 is 2.24 bits per heavy atom. The Kier molecular flexibility index (Phi) is 5.76. The molecule has 0 radical (unpaired) electrons. The lowest BCUT2D eigenvalue weighted by Crippen LogP contribution is -2.50. The molecule has 1 unspecified atom stereocenters. The Morgan fingerprint density at radius 1 is 1.47 bits per heavy atom. The maximum Gasteiger partial charge on any atom is 0.325 e. The van der Waals surface area contributed by atoms with Crippen LogP contribution in [0.3, 0.4) is 0 Å². The van der Waals surface area contributed by atoms with E-state index in [0.29, 0.717) is 6.61 Å². The number of urea groups is 1. The second-order valence-electron chi connectivity index (χ2n) is 4.23. The van der Waals surface area contributed by atoms with Gasteiger partial charge in [0.25, 0.3) is 0 Å². The number of likely N-dealkylation sites (tertiary alicyclic amines) is 1. The first-order valence-electron chi connectivity index (χ1n) is 6.00. The highest BCUT2D eigenvalue weighted by Crippen LogP contribution is 2.07. The van der Waals surface area contributed by atoms with Crippen LogP contribution in [0, 0.1) is 0 Å². The van der Waals surface area contributed by atoms with E-state index in [9.17, 15) is 9.59 Å². The average molecular weight is 243 g/mol. The van der Waals surface area contributed by atoms with Crippen molar-refractivity contribution in [1.82, 2.24) is 15.5 Å². The molecule has 6 heteroatoms. The SMILES string of the molecule is CCOC(=O)CNC(=O)NC1CCCN(C)C1. The van der Waals surface area contributed by atoms with E-state index in [4.69, 9.17) is 4.74 Å². The van der Waals surface area contributed by atoms with Gasteiger partial charge in [0.1, 0.15) is 6.54 Å². The zero-order valence-corrected chi connectivity index (χ0v) is 10.5. The lowest BCUT2D eigenvalue weighted by molar-refractivity contribution is -0.141. The fourth-order valence-corrected chi connectivity index (χ4v) is 1.89. The molecule has 0 aromatic heterocycles. The van der Waals surface area contributed by atoms with Gasteiger partial charge in [0.2, 0.25) is 0 Å². The lowest BCUT2D eigenvalue weighted by atomic mass is 10.1. The molecule has 1 aliphatic heterocycles. The number of nitrogens with zero attached hydrogens (tertiary/aromatic N) is 1. The number of hydrogen-bond acceptors (Lipinski definition) is 4. The van der Waals surface area contributed by atoms with Gasteiger partial charge < -0.3 is 20.3 Å². The van der Waals surface area contributed by atoms with E-state index < -0.39 is 5.97 Å². The highest BCUT2D eigenvalue weighted by Gasteiger charge is 2.18. The minimum Gasteiger partial charge on any atom is -0.465 e. The van der Waals surface area contributed by atoms with Gasteiger partial charge in [-0.15, -0.1) is 0 Å². The van der Waals surface area contributed by atoms with Crippen LogP contribution in [-0.2, 0) is 9.53 Å². The van der Waals surface area contributed by atoms with Gasteiger partial charge in [0.05, 0.1) is 6.61 Å². The van der Waals surface area contributed by atoms with Gasteiger partial charge in [0.15, 0.2) is 0 Å². The summed E-state index contributed by atoms with van der Waals surface area (Å²) in [5.74, 6) is -0.414. The van der Waals surface area contributed by atoms with Crippen molar-refractivity contribution in [3.05, 3.63) is 0 Å². The molecule has 98 valence electrons. The second kappa shape index (κ2) is 7.11. The summed E-state index contributed by atoms with van der Waals surface area (Å²) in [6.07, 6.45) is 2.07. The molecule has 1 atom stereocenters. The maximum atomic E-state index is 11.5. The normalized spacial score (nSPS) is 20.7. The summed E-state index contributed by atoms with van der Waals surface area (Å²) in [4.78, 5) is 24.7. The molecule has 1 fully saturated rings. The Hall–Kier alpha value is -1.30. The Morgan fingerprint density at radius 3 is 2.88 bits per heavy atom. The van der Waals surface area contributed by atoms with Crippen molar-refractivity contribution in [3.8, 4) is 0 Å². The summed E-state index contributed by atoms with van der Waals surface area (Å²) < 4.78 is 4.71. The highest BCUT2D eigenvalue weighted by atomic mass is 16.5. The van der Waals surface area contributed by atoms with E-state index in [1.165, 1.54) is 0 Å². The van der Waals surface area contributed by atoms with Crippen LogP contribution in [0.15, 0.2) is 0 Å². The zero-order valence-electron chi connectivity index (χ0n) is 10.5. The van der Waals surface area contributed by atoms with Crippen molar-refractivity contribution >= 4 is 12.0 Å². The van der Waals surface area contributed by atoms with Gasteiger partial charge in [0, 0.05) is 12.6 Å². The number of likely N-dealkylation sites (N-methyl/N-ethyl adjacent to an activating group) is 1. The Balaban J connectivity index is 2.18. The van der Waals surface area contributed by atoms with Crippen LogP contribution in [0.5, 0.6) is 0 Å². The highest BCUT2D eigenvalue weighted by molar-refractivity contribution is 5.80. The monoisotopic (exact) mass is 243 g/mol. The molecule has 1 aliphatic rings. The molecule has 17 heavy (non-hydrogen) atoms. The van der Waals surface area contributed by atoms with Gasteiger partial charge in [-0.05, 0) is 33.4 Å². The topological polar surface area (TPSA) is 70.7 Å². The third-order valence-electron chi connectivity index (χ3n) is 2.66. The van der Waals surface area contributed by atoms with E-state index in [2.05, 4.69) is 15.5 Å². The fourth-order valence-electron chi connectivity index (χ4n) is 1.89. The van der Waals surface area contributed by atoms with Crippen LogP contribution in [0.2, 0.25) is 0 Å². The average Bonchev–Trinajstić information content (AvgIpc) is 2.27. The number of carbonyl (C=O) groups is 2. The number of ether oxygens (including phenoxy) is 1. The van der Waals surface area contributed by atoms with Crippen LogP contribution < -0.4 is 10.6 Å². The van der Waals surface area contributed by atoms with Crippen molar-refractivity contribution in [1.29, 1.82) is 0 Å². The molecule has 6 nitrogen and oxygen atoms in total. The van der Waals surface area contributed by atoms with Crippen LogP contribution in [-0.4, -0.2) is 56.2 Å². The molecule has 0 aliphatic carbocycles. The van der Waals surface area contributed by atoms with Gasteiger partial charge in [-0.1, -0.05) is 0 Å². The molecular formula is C11H21N3O3. The molecular weight excluding hydrogens is 222 g/mol. The molecule has 0 saturated carbocycles. The van der Waals surface area contributed by atoms with E-state index in [0.717, 1.165) is 25.9 Å². The van der Waals surface area contributed by atoms with Crippen LogP contribution in [0.25, 0.3) is 0 Å². The van der Waals surface area contributed by atoms with E-state index in [-0.39, 0.29) is 18.6 Å². The molecule has 0 aromatic carbocycles. The molecule has 1 rings (SSSR count). The van der Waals surface area contributed by atoms with Crippen molar-refractivity contribution < 1.29 is 14.3 Å². The van der Waals surface area contributed by atoms with Crippen LogP contribution >= 0.6 is 0 Å². The van der Waals surface area contributed by atoms with E-state index >= 15 is 0 Å². The van der Waals surface area contributed by atoms with Gasteiger partial charge in [-0.3, -0.25) is 4.79 Å². The van der Waals surface area contributed by atoms with Crippen LogP contribution in [0.1, 0.15) is 19.8 Å². The number of rotatable bonds is 4. The number of hydrogen-bond donors (Lipinski definition) is 2. The number of piperidine rings is 1. The van der Waals surface area contributed by atoms with E-state index in [1.807, 2.05) is 7.05 Å². The largest absolute Gasteiger partial charge is 0.465 e. The number of carbonyl (C=O) groups excluding carboxylic acids is 2. The molecule has 1 heterocycles. The first-order chi connectivity index (χ1) is 8.11.